The van der Waals surface area contributed by atoms with Crippen molar-refractivity contribution in [3.05, 3.63) is 36.0 Å². The van der Waals surface area contributed by atoms with Gasteiger partial charge in [0.1, 0.15) is 0 Å². The molecule has 0 unspecified atom stereocenters. The molecular weight excluding hydrogens is 408 g/mol. The van der Waals surface area contributed by atoms with Gasteiger partial charge >= 0.3 is 0 Å². The summed E-state index contributed by atoms with van der Waals surface area (Å²) < 4.78 is 6.95. The smallest absolute Gasteiger partial charge is 0.248 e. The molecule has 4 N–H and O–H groups in total. The van der Waals surface area contributed by atoms with Crippen LogP contribution in [0.1, 0.15) is 5.56 Å². The Morgan fingerprint density at radius 2 is 1.84 bits per heavy atom. The van der Waals surface area contributed by atoms with E-state index in [9.17, 15) is 0 Å². The molecule has 0 saturated carbocycles. The van der Waals surface area contributed by atoms with Crippen LogP contribution in [0.15, 0.2) is 30.5 Å². The molecule has 11 heteroatoms. The van der Waals surface area contributed by atoms with Gasteiger partial charge in [0, 0.05) is 49.3 Å². The number of aromatic nitrogens is 5. The molecule has 0 bridgehead atoms. The zero-order chi connectivity index (χ0) is 22.5. The van der Waals surface area contributed by atoms with Crippen molar-refractivity contribution in [3.63, 3.8) is 0 Å². The number of hydrogen-bond donors (Lipinski definition) is 3. The van der Waals surface area contributed by atoms with E-state index in [4.69, 9.17) is 10.5 Å². The van der Waals surface area contributed by atoms with Gasteiger partial charge in [0.15, 0.2) is 5.82 Å². The summed E-state index contributed by atoms with van der Waals surface area (Å²) in [4.78, 5) is 17.7. The maximum absolute atomic E-state index is 6.15. The molecule has 1 aromatic carbocycles. The number of nitrogens with two attached hydrogens (primary N) is 1. The van der Waals surface area contributed by atoms with Gasteiger partial charge < -0.3 is 30.9 Å². The molecule has 1 saturated heterocycles. The van der Waals surface area contributed by atoms with E-state index < -0.39 is 0 Å². The third-order valence-corrected chi connectivity index (χ3v) is 5.12. The summed E-state index contributed by atoms with van der Waals surface area (Å²) in [6, 6.07) is 8.16. The van der Waals surface area contributed by atoms with Crippen molar-refractivity contribution in [2.75, 3.05) is 74.8 Å². The van der Waals surface area contributed by atoms with Crippen molar-refractivity contribution in [1.29, 1.82) is 0 Å². The number of hydrogen-bond acceptors (Lipinski definition) is 10. The van der Waals surface area contributed by atoms with E-state index in [0.29, 0.717) is 17.7 Å². The van der Waals surface area contributed by atoms with Gasteiger partial charge in [-0.1, -0.05) is 0 Å². The van der Waals surface area contributed by atoms with E-state index in [1.807, 2.05) is 33.2 Å². The molecule has 32 heavy (non-hydrogen) atoms. The first-order valence-electron chi connectivity index (χ1n) is 10.6. The van der Waals surface area contributed by atoms with Gasteiger partial charge in [-0.2, -0.15) is 14.6 Å². The second-order valence-electron chi connectivity index (χ2n) is 7.91. The van der Waals surface area contributed by atoms with Gasteiger partial charge in [-0.25, -0.2) is 4.98 Å². The van der Waals surface area contributed by atoms with Gasteiger partial charge in [0.25, 0.3) is 0 Å². The van der Waals surface area contributed by atoms with Gasteiger partial charge in [-0.05, 0) is 45.3 Å². The van der Waals surface area contributed by atoms with Crippen LogP contribution in [0.25, 0.3) is 5.82 Å². The zero-order valence-electron chi connectivity index (χ0n) is 18.7. The number of anilines is 5. The summed E-state index contributed by atoms with van der Waals surface area (Å²) in [5, 5.41) is 10.9. The summed E-state index contributed by atoms with van der Waals surface area (Å²) in [5.74, 6) is 1.77. The maximum Gasteiger partial charge on any atom is 0.248 e. The lowest BCUT2D eigenvalue weighted by Crippen LogP contribution is -2.36. The lowest BCUT2D eigenvalue weighted by Gasteiger charge is -2.28. The second-order valence-corrected chi connectivity index (χ2v) is 7.91. The minimum atomic E-state index is 0.249. The van der Waals surface area contributed by atoms with Gasteiger partial charge in [0.05, 0.1) is 13.2 Å². The molecule has 0 aliphatic carbocycles. The second kappa shape index (κ2) is 9.79. The quantitative estimate of drug-likeness (QED) is 0.477. The SMILES string of the molecule is Cc1cnc(NCCN(C)C)nc1-n1nc(Nc2ccc(N3CCOCC3)cc2)nc1N. The lowest BCUT2D eigenvalue weighted by molar-refractivity contribution is 0.122. The van der Waals surface area contributed by atoms with Crippen molar-refractivity contribution in [2.24, 2.45) is 0 Å². The predicted octanol–water partition coefficient (Wildman–Crippen LogP) is 1.50. The van der Waals surface area contributed by atoms with E-state index in [-0.39, 0.29) is 5.95 Å². The highest BCUT2D eigenvalue weighted by molar-refractivity contribution is 5.60. The average Bonchev–Trinajstić information content (AvgIpc) is 3.15. The lowest BCUT2D eigenvalue weighted by atomic mass is 10.2. The summed E-state index contributed by atoms with van der Waals surface area (Å²) in [6.45, 7) is 6.84. The van der Waals surface area contributed by atoms with E-state index in [1.165, 1.54) is 10.4 Å². The summed E-state index contributed by atoms with van der Waals surface area (Å²) in [7, 11) is 4.04. The summed E-state index contributed by atoms with van der Waals surface area (Å²) >= 11 is 0. The maximum atomic E-state index is 6.15. The van der Waals surface area contributed by atoms with Crippen LogP contribution >= 0.6 is 0 Å². The first-order chi connectivity index (χ1) is 15.5. The average molecular weight is 439 g/mol. The topological polar surface area (TPSA) is 122 Å². The fourth-order valence-corrected chi connectivity index (χ4v) is 3.36. The molecule has 11 nitrogen and oxygen atoms in total. The molecule has 0 spiro atoms. The Hall–Kier alpha value is -3.44. The van der Waals surface area contributed by atoms with E-state index in [1.54, 1.807) is 6.20 Å². The van der Waals surface area contributed by atoms with Crippen molar-refractivity contribution in [1.82, 2.24) is 29.6 Å². The van der Waals surface area contributed by atoms with Crippen molar-refractivity contribution in [2.45, 2.75) is 6.92 Å². The standard InChI is InChI=1S/C21H30N10O/c1-15-14-24-20(23-8-9-29(2)3)26-18(15)31-19(22)27-21(28-31)25-16-4-6-17(7-5-16)30-10-12-32-13-11-30/h4-7,14H,8-13H2,1-3H3,(H,23,24,26)(H3,22,25,27,28). The van der Waals surface area contributed by atoms with Crippen LogP contribution in [0.4, 0.5) is 29.2 Å². The highest BCUT2D eigenvalue weighted by Gasteiger charge is 2.15. The normalized spacial score (nSPS) is 14.1. The van der Waals surface area contributed by atoms with Crippen LogP contribution in [-0.4, -0.2) is 83.1 Å². The van der Waals surface area contributed by atoms with Gasteiger partial charge in [-0.15, -0.1) is 5.10 Å². The number of benzene rings is 1. The van der Waals surface area contributed by atoms with Crippen LogP contribution in [0.5, 0.6) is 0 Å². The Morgan fingerprint density at radius 3 is 2.56 bits per heavy atom. The number of likely N-dealkylation sites (N-methyl/N-ethyl adjacent to an activating group) is 1. The predicted molar refractivity (Wildman–Crippen MR) is 126 cm³/mol. The Morgan fingerprint density at radius 1 is 1.09 bits per heavy atom. The molecule has 0 atom stereocenters. The molecular formula is C21H30N10O. The fourth-order valence-electron chi connectivity index (χ4n) is 3.36. The number of ether oxygens (including phenoxy) is 1. The van der Waals surface area contributed by atoms with Crippen LogP contribution in [-0.2, 0) is 4.74 Å². The number of nitrogens with one attached hydrogen (secondary N) is 2. The Bertz CT molecular complexity index is 1030. The molecule has 1 aliphatic rings. The number of aryl methyl sites for hydroxylation is 1. The van der Waals surface area contributed by atoms with Crippen LogP contribution in [0.2, 0.25) is 0 Å². The number of rotatable bonds is 8. The molecule has 1 aliphatic heterocycles. The van der Waals surface area contributed by atoms with Gasteiger partial charge in [0.2, 0.25) is 17.8 Å². The highest BCUT2D eigenvalue weighted by Crippen LogP contribution is 2.22. The highest BCUT2D eigenvalue weighted by atomic mass is 16.5. The van der Waals surface area contributed by atoms with E-state index >= 15 is 0 Å². The number of morpholine rings is 1. The molecule has 0 amide bonds. The van der Waals surface area contributed by atoms with Crippen molar-refractivity contribution >= 4 is 29.2 Å². The van der Waals surface area contributed by atoms with Crippen LogP contribution < -0.4 is 21.3 Å². The summed E-state index contributed by atoms with van der Waals surface area (Å²) in [5.41, 5.74) is 9.05. The molecule has 3 aromatic rings. The minimum absolute atomic E-state index is 0.249. The number of nitrogens with zero attached hydrogens (tertiary/aromatic N) is 7. The molecule has 0 radical (unpaired) electrons. The van der Waals surface area contributed by atoms with Crippen molar-refractivity contribution in [3.8, 4) is 5.82 Å². The van der Waals surface area contributed by atoms with Crippen LogP contribution in [0.3, 0.4) is 0 Å². The molecule has 170 valence electrons. The zero-order valence-corrected chi connectivity index (χ0v) is 18.7. The third kappa shape index (κ3) is 5.24. The molecule has 1 fully saturated rings. The Balaban J connectivity index is 1.47. The summed E-state index contributed by atoms with van der Waals surface area (Å²) in [6.07, 6.45) is 1.75. The first-order valence-corrected chi connectivity index (χ1v) is 10.6. The van der Waals surface area contributed by atoms with Gasteiger partial charge in [-0.3, -0.25) is 0 Å². The largest absolute Gasteiger partial charge is 0.378 e. The third-order valence-electron chi connectivity index (χ3n) is 5.12. The number of nitrogen functional groups attached to an aromatic ring is 1. The molecule has 4 rings (SSSR count). The first kappa shape index (κ1) is 21.8. The Labute approximate surface area is 187 Å². The van der Waals surface area contributed by atoms with E-state index in [0.717, 1.165) is 50.6 Å². The van der Waals surface area contributed by atoms with Crippen molar-refractivity contribution < 1.29 is 4.74 Å². The Kier molecular flexibility index (Phi) is 6.66. The molecule has 2 aromatic heterocycles. The molecule has 3 heterocycles. The van der Waals surface area contributed by atoms with Crippen LogP contribution in [0, 0.1) is 6.92 Å². The monoisotopic (exact) mass is 438 g/mol. The van der Waals surface area contributed by atoms with E-state index in [2.05, 4.69) is 52.6 Å². The fraction of sp³-hybridized carbons (Fsp3) is 0.429. The minimum Gasteiger partial charge on any atom is -0.378 e.